The van der Waals surface area contributed by atoms with E-state index in [0.717, 1.165) is 11.3 Å². The van der Waals surface area contributed by atoms with Gasteiger partial charge >= 0.3 is 0 Å². The highest BCUT2D eigenvalue weighted by atomic mass is 32.1. The van der Waals surface area contributed by atoms with Gasteiger partial charge in [0.15, 0.2) is 5.13 Å². The maximum atomic E-state index is 12.9. The predicted molar refractivity (Wildman–Crippen MR) is 52.8 cm³/mol. The van der Waals surface area contributed by atoms with E-state index in [4.69, 9.17) is 5.73 Å². The van der Waals surface area contributed by atoms with Crippen LogP contribution in [0.1, 0.15) is 0 Å². The lowest BCUT2D eigenvalue weighted by Crippen LogP contribution is -1.91. The van der Waals surface area contributed by atoms with Crippen molar-refractivity contribution in [1.29, 1.82) is 0 Å². The number of benzene rings is 1. The Morgan fingerprint density at radius 3 is 2.79 bits per heavy atom. The van der Waals surface area contributed by atoms with Crippen LogP contribution in [0, 0.1) is 15.2 Å². The summed E-state index contributed by atoms with van der Waals surface area (Å²) in [6.45, 7) is 0. The zero-order chi connectivity index (χ0) is 10.3. The zero-order valence-electron chi connectivity index (χ0n) is 6.86. The van der Waals surface area contributed by atoms with Gasteiger partial charge in [-0.25, -0.2) is 0 Å². The van der Waals surface area contributed by atoms with Crippen LogP contribution in [0.4, 0.5) is 15.8 Å². The number of fused-ring (bicyclic) bond motifs is 1. The van der Waals surface area contributed by atoms with Crippen LogP contribution in [0.5, 0.6) is 0 Å². The lowest BCUT2D eigenvalue weighted by molar-refractivity contribution is -0.382. The van der Waals surface area contributed by atoms with Crippen LogP contribution >= 0.6 is 11.3 Å². The lowest BCUT2D eigenvalue weighted by atomic mass is 10.2. The summed E-state index contributed by atoms with van der Waals surface area (Å²) in [7, 11) is 0. The molecule has 0 atom stereocenters. The quantitative estimate of drug-likeness (QED) is 0.448. The van der Waals surface area contributed by atoms with E-state index in [1.165, 1.54) is 18.2 Å². The Kier molecular flexibility index (Phi) is 1.85. The Balaban J connectivity index is 2.85. The molecule has 0 bridgehead atoms. The predicted octanol–water partition coefficient (Wildman–Crippen LogP) is 2.53. The van der Waals surface area contributed by atoms with Gasteiger partial charge in [-0.3, -0.25) is 10.1 Å². The zero-order valence-corrected chi connectivity index (χ0v) is 7.68. The first kappa shape index (κ1) is 8.89. The highest BCUT2D eigenvalue weighted by Crippen LogP contribution is 2.34. The van der Waals surface area contributed by atoms with Gasteiger partial charge in [-0.2, -0.15) is 4.39 Å². The number of nitro groups is 1. The maximum absolute atomic E-state index is 12.9. The minimum absolute atomic E-state index is 0.145. The van der Waals surface area contributed by atoms with Gasteiger partial charge in [0.05, 0.1) is 4.92 Å². The van der Waals surface area contributed by atoms with Crippen molar-refractivity contribution in [2.75, 3.05) is 5.73 Å². The van der Waals surface area contributed by atoms with Crippen LogP contribution in [0.25, 0.3) is 10.1 Å². The van der Waals surface area contributed by atoms with Gasteiger partial charge in [-0.05, 0) is 12.1 Å². The van der Waals surface area contributed by atoms with Gasteiger partial charge in [0.1, 0.15) is 4.70 Å². The summed E-state index contributed by atoms with van der Waals surface area (Å²) in [5.74, 6) is 0. The van der Waals surface area contributed by atoms with Crippen molar-refractivity contribution < 1.29 is 9.31 Å². The highest BCUT2D eigenvalue weighted by Gasteiger charge is 2.15. The van der Waals surface area contributed by atoms with Crippen LogP contribution in [0.15, 0.2) is 18.2 Å². The molecule has 0 fully saturated rings. The van der Waals surface area contributed by atoms with Crippen molar-refractivity contribution in [2.24, 2.45) is 0 Å². The Morgan fingerprint density at radius 1 is 1.43 bits per heavy atom. The largest absolute Gasteiger partial charge is 0.399 e. The highest BCUT2D eigenvalue weighted by molar-refractivity contribution is 7.18. The number of nitro benzene ring substituents is 1. The van der Waals surface area contributed by atoms with Crippen LogP contribution < -0.4 is 5.73 Å². The van der Waals surface area contributed by atoms with Gasteiger partial charge in [-0.15, -0.1) is 0 Å². The molecule has 1 heterocycles. The molecule has 0 saturated carbocycles. The number of hydrogen-bond donors (Lipinski definition) is 1. The first-order chi connectivity index (χ1) is 6.58. The average Bonchev–Trinajstić information content (AvgIpc) is 2.42. The molecule has 0 radical (unpaired) electrons. The molecule has 0 amide bonds. The van der Waals surface area contributed by atoms with Crippen molar-refractivity contribution in [2.45, 2.75) is 0 Å². The number of nitrogens with two attached hydrogens (primary N) is 1. The van der Waals surface area contributed by atoms with E-state index < -0.39 is 10.1 Å². The number of nitrogen functional groups attached to an aromatic ring is 1. The monoisotopic (exact) mass is 212 g/mol. The molecule has 0 saturated heterocycles. The van der Waals surface area contributed by atoms with Gasteiger partial charge in [-0.1, -0.05) is 11.3 Å². The Labute approximate surface area is 81.9 Å². The van der Waals surface area contributed by atoms with Crippen molar-refractivity contribution in [3.8, 4) is 0 Å². The standard InChI is InChI=1S/C8H5FN2O2S/c9-7-2-4-1-5(10)3-6(11(12)13)8(4)14-7/h1-3H,10H2. The molecule has 1 aromatic heterocycles. The van der Waals surface area contributed by atoms with Crippen molar-refractivity contribution in [3.63, 3.8) is 0 Å². The molecule has 6 heteroatoms. The summed E-state index contributed by atoms with van der Waals surface area (Å²) >= 11 is 0.752. The first-order valence-electron chi connectivity index (χ1n) is 3.71. The summed E-state index contributed by atoms with van der Waals surface area (Å²) in [4.78, 5) is 10.0. The number of hydrogen-bond acceptors (Lipinski definition) is 4. The summed E-state index contributed by atoms with van der Waals surface area (Å²) in [6.07, 6.45) is 0. The van der Waals surface area contributed by atoms with Gasteiger partial charge in [0, 0.05) is 17.1 Å². The van der Waals surface area contributed by atoms with E-state index in [0.29, 0.717) is 10.1 Å². The fraction of sp³-hybridized carbons (Fsp3) is 0. The molecule has 0 aliphatic carbocycles. The number of rotatable bonds is 1. The number of thiophene rings is 1. The second-order valence-electron chi connectivity index (χ2n) is 2.77. The average molecular weight is 212 g/mol. The Morgan fingerprint density at radius 2 is 2.14 bits per heavy atom. The maximum Gasteiger partial charge on any atom is 0.289 e. The molecular weight excluding hydrogens is 207 g/mol. The summed E-state index contributed by atoms with van der Waals surface area (Å²) in [5, 5.41) is 10.6. The number of non-ortho nitro benzene ring substituents is 1. The molecule has 0 aliphatic rings. The summed E-state index contributed by atoms with van der Waals surface area (Å²) < 4.78 is 13.2. The third-order valence-corrected chi connectivity index (χ3v) is 2.75. The lowest BCUT2D eigenvalue weighted by Gasteiger charge is -1.95. The topological polar surface area (TPSA) is 69.2 Å². The van der Waals surface area contributed by atoms with E-state index in [9.17, 15) is 14.5 Å². The number of anilines is 1. The molecule has 2 N–H and O–H groups in total. The second-order valence-corrected chi connectivity index (χ2v) is 3.77. The van der Waals surface area contributed by atoms with Crippen LogP contribution in [-0.2, 0) is 0 Å². The Bertz CT molecular complexity index is 523. The van der Waals surface area contributed by atoms with E-state index in [-0.39, 0.29) is 11.4 Å². The van der Waals surface area contributed by atoms with Crippen molar-refractivity contribution in [3.05, 3.63) is 33.4 Å². The van der Waals surface area contributed by atoms with Gasteiger partial charge in [0.2, 0.25) is 0 Å². The Hall–Kier alpha value is -1.69. The molecule has 4 nitrogen and oxygen atoms in total. The molecule has 0 spiro atoms. The minimum atomic E-state index is -0.561. The SMILES string of the molecule is Nc1cc([N+](=O)[O-])c2sc(F)cc2c1. The van der Waals surface area contributed by atoms with Crippen LogP contribution in [0.3, 0.4) is 0 Å². The molecule has 14 heavy (non-hydrogen) atoms. The van der Waals surface area contributed by atoms with E-state index in [1.807, 2.05) is 0 Å². The molecular formula is C8H5FN2O2S. The smallest absolute Gasteiger partial charge is 0.289 e. The number of halogens is 1. The molecule has 1 aromatic carbocycles. The fourth-order valence-corrected chi connectivity index (χ4v) is 2.12. The molecule has 72 valence electrons. The minimum Gasteiger partial charge on any atom is -0.399 e. The molecule has 2 rings (SSSR count). The van der Waals surface area contributed by atoms with Crippen LogP contribution in [-0.4, -0.2) is 4.92 Å². The van der Waals surface area contributed by atoms with Crippen molar-refractivity contribution >= 4 is 32.8 Å². The van der Waals surface area contributed by atoms with E-state index >= 15 is 0 Å². The van der Waals surface area contributed by atoms with Gasteiger partial charge < -0.3 is 5.73 Å². The third kappa shape index (κ3) is 1.29. The normalized spacial score (nSPS) is 10.6. The van der Waals surface area contributed by atoms with Gasteiger partial charge in [0.25, 0.3) is 5.69 Å². The van der Waals surface area contributed by atoms with E-state index in [2.05, 4.69) is 0 Å². The molecule has 0 unspecified atom stereocenters. The third-order valence-electron chi connectivity index (χ3n) is 1.79. The van der Waals surface area contributed by atoms with E-state index in [1.54, 1.807) is 0 Å². The molecule has 2 aromatic rings. The molecule has 0 aliphatic heterocycles. The first-order valence-corrected chi connectivity index (χ1v) is 4.52. The van der Waals surface area contributed by atoms with Crippen molar-refractivity contribution in [1.82, 2.24) is 0 Å². The van der Waals surface area contributed by atoms with Crippen LogP contribution in [0.2, 0.25) is 0 Å². The number of nitrogens with zero attached hydrogens (tertiary/aromatic N) is 1. The second kappa shape index (κ2) is 2.91. The summed E-state index contributed by atoms with van der Waals surface area (Å²) in [5.41, 5.74) is 5.57. The summed E-state index contributed by atoms with van der Waals surface area (Å²) in [6, 6.07) is 3.99. The fourth-order valence-electron chi connectivity index (χ4n) is 1.26.